The van der Waals surface area contributed by atoms with E-state index < -0.39 is 5.97 Å². The number of likely N-dealkylation sites (N-methyl/N-ethyl adjacent to an activating group) is 1. The first-order valence-corrected chi connectivity index (χ1v) is 7.61. The first-order chi connectivity index (χ1) is 9.65. The van der Waals surface area contributed by atoms with E-state index in [1.807, 2.05) is 24.3 Å². The topological polar surface area (TPSA) is 43.8 Å². The molecule has 0 aliphatic carbocycles. The summed E-state index contributed by atoms with van der Waals surface area (Å²) in [5, 5.41) is 10.5. The third kappa shape index (κ3) is 2.57. The van der Waals surface area contributed by atoms with Gasteiger partial charge in [0, 0.05) is 37.4 Å². The molecule has 1 aromatic heterocycles. The Balaban J connectivity index is 1.93. The molecule has 1 aliphatic heterocycles. The van der Waals surface area contributed by atoms with E-state index >= 15 is 0 Å². The zero-order chi connectivity index (χ0) is 14.1. The average Bonchev–Trinajstić information content (AvgIpc) is 2.81. The minimum absolute atomic E-state index is 0.491. The molecule has 0 atom stereocenters. The van der Waals surface area contributed by atoms with Crippen LogP contribution in [-0.2, 0) is 6.54 Å². The number of thiophene rings is 1. The molecular formula is C15H18N2O2S. The Kier molecular flexibility index (Phi) is 3.74. The molecule has 0 saturated carbocycles. The highest BCUT2D eigenvalue weighted by Crippen LogP contribution is 2.32. The van der Waals surface area contributed by atoms with Gasteiger partial charge >= 0.3 is 5.97 Å². The smallest absolute Gasteiger partial charge is 0.346 e. The largest absolute Gasteiger partial charge is 0.477 e. The van der Waals surface area contributed by atoms with Crippen LogP contribution in [0.1, 0.15) is 15.2 Å². The summed E-state index contributed by atoms with van der Waals surface area (Å²) in [7, 11) is 2.13. The van der Waals surface area contributed by atoms with Crippen LogP contribution in [0, 0.1) is 0 Å². The number of carboxylic acid groups (broad SMARTS) is 1. The molecule has 1 aromatic carbocycles. The molecule has 5 heteroatoms. The van der Waals surface area contributed by atoms with Gasteiger partial charge in [-0.3, -0.25) is 4.90 Å². The van der Waals surface area contributed by atoms with Crippen molar-refractivity contribution < 1.29 is 9.90 Å². The molecule has 1 fully saturated rings. The van der Waals surface area contributed by atoms with Gasteiger partial charge in [-0.1, -0.05) is 18.2 Å². The quantitative estimate of drug-likeness (QED) is 0.942. The van der Waals surface area contributed by atoms with E-state index in [9.17, 15) is 9.90 Å². The van der Waals surface area contributed by atoms with Gasteiger partial charge < -0.3 is 10.0 Å². The van der Waals surface area contributed by atoms with Crippen molar-refractivity contribution in [3.8, 4) is 0 Å². The molecule has 0 radical (unpaired) electrons. The molecule has 106 valence electrons. The lowest BCUT2D eigenvalue weighted by Crippen LogP contribution is -2.44. The van der Waals surface area contributed by atoms with Crippen LogP contribution >= 0.6 is 11.3 Å². The Hall–Kier alpha value is -1.43. The Morgan fingerprint density at radius 1 is 1.25 bits per heavy atom. The maximum Gasteiger partial charge on any atom is 0.346 e. The lowest BCUT2D eigenvalue weighted by molar-refractivity contribution is 0.0699. The Bertz CT molecular complexity index is 630. The number of carboxylic acids is 1. The molecule has 3 rings (SSSR count). The van der Waals surface area contributed by atoms with Crippen molar-refractivity contribution in [1.82, 2.24) is 9.80 Å². The van der Waals surface area contributed by atoms with E-state index in [1.165, 1.54) is 11.3 Å². The summed E-state index contributed by atoms with van der Waals surface area (Å²) in [6.07, 6.45) is 0. The molecule has 0 unspecified atom stereocenters. The minimum Gasteiger partial charge on any atom is -0.477 e. The van der Waals surface area contributed by atoms with E-state index in [4.69, 9.17) is 0 Å². The number of aromatic carboxylic acids is 1. The highest BCUT2D eigenvalue weighted by molar-refractivity contribution is 7.21. The molecule has 2 heterocycles. The maximum atomic E-state index is 11.5. The molecule has 2 aromatic rings. The Labute approximate surface area is 122 Å². The van der Waals surface area contributed by atoms with E-state index in [-0.39, 0.29) is 0 Å². The fourth-order valence-corrected chi connectivity index (χ4v) is 3.71. The summed E-state index contributed by atoms with van der Waals surface area (Å²) in [5.74, 6) is -0.810. The third-order valence-electron chi connectivity index (χ3n) is 3.87. The van der Waals surface area contributed by atoms with E-state index in [0.29, 0.717) is 4.88 Å². The monoisotopic (exact) mass is 290 g/mol. The molecule has 1 saturated heterocycles. The van der Waals surface area contributed by atoms with Gasteiger partial charge in [-0.05, 0) is 24.1 Å². The van der Waals surface area contributed by atoms with E-state index in [2.05, 4.69) is 16.8 Å². The molecule has 0 spiro atoms. The first kappa shape index (κ1) is 13.5. The highest BCUT2D eigenvalue weighted by Gasteiger charge is 2.21. The summed E-state index contributed by atoms with van der Waals surface area (Å²) in [5.41, 5.74) is 0.975. The molecule has 1 N–H and O–H groups in total. The van der Waals surface area contributed by atoms with Crippen molar-refractivity contribution in [3.05, 3.63) is 34.7 Å². The summed E-state index contributed by atoms with van der Waals surface area (Å²) in [4.78, 5) is 16.6. The van der Waals surface area contributed by atoms with Crippen LogP contribution in [0.3, 0.4) is 0 Å². The van der Waals surface area contributed by atoms with E-state index in [0.717, 1.165) is 48.4 Å². The van der Waals surface area contributed by atoms with Crippen molar-refractivity contribution in [2.45, 2.75) is 6.54 Å². The normalized spacial score (nSPS) is 17.6. The lowest BCUT2D eigenvalue weighted by atomic mass is 10.1. The van der Waals surface area contributed by atoms with Crippen LogP contribution in [0.5, 0.6) is 0 Å². The number of hydrogen-bond donors (Lipinski definition) is 1. The molecular weight excluding hydrogens is 272 g/mol. The van der Waals surface area contributed by atoms with Crippen molar-refractivity contribution in [2.24, 2.45) is 0 Å². The van der Waals surface area contributed by atoms with Gasteiger partial charge in [-0.15, -0.1) is 11.3 Å². The van der Waals surface area contributed by atoms with Crippen LogP contribution < -0.4 is 0 Å². The van der Waals surface area contributed by atoms with Crippen LogP contribution in [0.15, 0.2) is 24.3 Å². The fourth-order valence-electron chi connectivity index (χ4n) is 2.66. The second-order valence-electron chi connectivity index (χ2n) is 5.29. The van der Waals surface area contributed by atoms with Gasteiger partial charge in [0.15, 0.2) is 0 Å². The van der Waals surface area contributed by atoms with Crippen molar-refractivity contribution in [3.63, 3.8) is 0 Å². The average molecular weight is 290 g/mol. The fraction of sp³-hybridized carbons (Fsp3) is 0.400. The number of fused-ring (bicyclic) bond motifs is 1. The van der Waals surface area contributed by atoms with Crippen molar-refractivity contribution in [2.75, 3.05) is 33.2 Å². The van der Waals surface area contributed by atoms with Crippen molar-refractivity contribution in [1.29, 1.82) is 0 Å². The molecule has 0 amide bonds. The number of nitrogens with zero attached hydrogens (tertiary/aromatic N) is 2. The second kappa shape index (κ2) is 5.52. The zero-order valence-corrected chi connectivity index (χ0v) is 12.3. The summed E-state index contributed by atoms with van der Waals surface area (Å²) in [6.45, 7) is 4.83. The number of carbonyl (C=O) groups is 1. The van der Waals surface area contributed by atoms with E-state index in [1.54, 1.807) is 0 Å². The Morgan fingerprint density at radius 3 is 2.65 bits per heavy atom. The molecule has 0 bridgehead atoms. The summed E-state index contributed by atoms with van der Waals surface area (Å²) >= 11 is 1.38. The van der Waals surface area contributed by atoms with Crippen LogP contribution in [0.25, 0.3) is 10.1 Å². The van der Waals surface area contributed by atoms with Gasteiger partial charge in [-0.2, -0.15) is 0 Å². The zero-order valence-electron chi connectivity index (χ0n) is 11.5. The van der Waals surface area contributed by atoms with Crippen LogP contribution in [0.4, 0.5) is 0 Å². The lowest BCUT2D eigenvalue weighted by Gasteiger charge is -2.32. The highest BCUT2D eigenvalue weighted by atomic mass is 32.1. The Morgan fingerprint density at radius 2 is 1.95 bits per heavy atom. The SMILES string of the molecule is CN1CCN(Cc2c(C(=O)O)sc3ccccc23)CC1. The number of hydrogen-bond acceptors (Lipinski definition) is 4. The van der Waals surface area contributed by atoms with Gasteiger partial charge in [-0.25, -0.2) is 4.79 Å². The van der Waals surface area contributed by atoms with Gasteiger partial charge in [0.2, 0.25) is 0 Å². The number of benzene rings is 1. The second-order valence-corrected chi connectivity index (χ2v) is 6.34. The van der Waals surface area contributed by atoms with Gasteiger partial charge in [0.05, 0.1) is 0 Å². The summed E-state index contributed by atoms with van der Waals surface area (Å²) < 4.78 is 1.06. The molecule has 4 nitrogen and oxygen atoms in total. The first-order valence-electron chi connectivity index (χ1n) is 6.80. The molecule has 20 heavy (non-hydrogen) atoms. The van der Waals surface area contributed by atoms with Crippen LogP contribution in [0.2, 0.25) is 0 Å². The maximum absolute atomic E-state index is 11.5. The predicted octanol–water partition coefficient (Wildman–Crippen LogP) is 2.35. The van der Waals surface area contributed by atoms with Gasteiger partial charge in [0.25, 0.3) is 0 Å². The van der Waals surface area contributed by atoms with Crippen molar-refractivity contribution >= 4 is 27.4 Å². The summed E-state index contributed by atoms with van der Waals surface area (Å²) in [6, 6.07) is 7.97. The van der Waals surface area contributed by atoms with Crippen LogP contribution in [-0.4, -0.2) is 54.1 Å². The molecule has 1 aliphatic rings. The minimum atomic E-state index is -0.810. The third-order valence-corrected chi connectivity index (χ3v) is 5.07. The van der Waals surface area contributed by atoms with Gasteiger partial charge in [0.1, 0.15) is 4.88 Å². The number of piperazine rings is 1. The number of rotatable bonds is 3. The standard InChI is InChI=1S/C15H18N2O2S/c1-16-6-8-17(9-7-16)10-12-11-4-2-3-5-13(11)20-14(12)15(18)19/h2-5H,6-10H2,1H3,(H,18,19). The predicted molar refractivity (Wildman–Crippen MR) is 81.6 cm³/mol.